The Kier molecular flexibility index (Phi) is 4.55. The minimum Gasteiger partial charge on any atom is -0.497 e. The monoisotopic (exact) mass is 458 g/mol. The first kappa shape index (κ1) is 20.6. The average Bonchev–Trinajstić information content (AvgIpc) is 3.33. The molecule has 1 aromatic heterocycles. The number of aromatic nitrogens is 1. The highest BCUT2D eigenvalue weighted by Gasteiger charge is 2.54. The lowest BCUT2D eigenvalue weighted by Gasteiger charge is -2.30. The van der Waals surface area contributed by atoms with E-state index in [1.54, 1.807) is 37.4 Å². The number of nitrogens with one attached hydrogen (secondary N) is 1. The molecule has 34 heavy (non-hydrogen) atoms. The lowest BCUT2D eigenvalue weighted by Crippen LogP contribution is -2.30. The zero-order valence-corrected chi connectivity index (χ0v) is 18.2. The second kappa shape index (κ2) is 7.52. The predicted molar refractivity (Wildman–Crippen MR) is 123 cm³/mol. The summed E-state index contributed by atoms with van der Waals surface area (Å²) >= 11 is 0. The van der Waals surface area contributed by atoms with Crippen LogP contribution in [0.15, 0.2) is 66.7 Å². The first-order chi connectivity index (χ1) is 16.5. The number of hydrogen-bond donors (Lipinski definition) is 1. The summed E-state index contributed by atoms with van der Waals surface area (Å²) in [6.07, 6.45) is 0.234. The highest BCUT2D eigenvalue weighted by atomic mass is 19.1. The first-order valence-corrected chi connectivity index (χ1v) is 11.0. The van der Waals surface area contributed by atoms with Crippen LogP contribution < -0.4 is 9.64 Å². The zero-order chi connectivity index (χ0) is 23.6. The fraction of sp³-hybridized carbons (Fsp3) is 0.185. The number of carbonyl (C=O) groups is 2. The third kappa shape index (κ3) is 2.89. The molecule has 2 amide bonds. The maximum atomic E-state index is 14.9. The van der Waals surface area contributed by atoms with E-state index in [0.717, 1.165) is 17.0 Å². The van der Waals surface area contributed by atoms with Gasteiger partial charge in [-0.3, -0.25) is 9.59 Å². The van der Waals surface area contributed by atoms with Crippen LogP contribution in [0.3, 0.4) is 0 Å². The molecule has 2 heterocycles. The maximum absolute atomic E-state index is 14.9. The molecule has 3 unspecified atom stereocenters. The number of carbonyl (C=O) groups excluding carboxylic acids is 2. The van der Waals surface area contributed by atoms with E-state index in [1.165, 1.54) is 17.0 Å². The van der Waals surface area contributed by atoms with Crippen LogP contribution in [0.4, 0.5) is 14.5 Å². The van der Waals surface area contributed by atoms with Crippen molar-refractivity contribution in [3.8, 4) is 5.75 Å². The molecule has 5 nitrogen and oxygen atoms in total. The Bertz CT molecular complexity index is 1460. The van der Waals surface area contributed by atoms with Gasteiger partial charge in [0.05, 0.1) is 24.6 Å². The van der Waals surface area contributed by atoms with Gasteiger partial charge in [-0.15, -0.1) is 0 Å². The van der Waals surface area contributed by atoms with Gasteiger partial charge in [0.1, 0.15) is 17.4 Å². The molecule has 170 valence electrons. The van der Waals surface area contributed by atoms with E-state index in [4.69, 9.17) is 4.74 Å². The Labute approximate surface area is 194 Å². The molecule has 1 aliphatic carbocycles. The molecular weight excluding hydrogens is 438 g/mol. The zero-order valence-electron chi connectivity index (χ0n) is 18.2. The Hall–Kier alpha value is -4.00. The standard InChI is InChI=1S/C27H20F2N2O3/c1-34-16-8-10-22-19(12-16)23-24-20(26(32)31(27(24)33)15-5-3-2-4-6-15)13-18(25(23)30-22)17-9-7-14(28)11-21(17)29/h2-12,18,20,24,30H,13H2,1H3. The van der Waals surface area contributed by atoms with Crippen molar-refractivity contribution in [1.29, 1.82) is 0 Å². The Morgan fingerprint density at radius 2 is 1.76 bits per heavy atom. The van der Waals surface area contributed by atoms with Gasteiger partial charge >= 0.3 is 0 Å². The van der Waals surface area contributed by atoms with Crippen LogP contribution in [0.5, 0.6) is 5.75 Å². The number of H-pyrrole nitrogens is 1. The third-order valence-corrected chi connectivity index (χ3v) is 7.00. The number of nitrogens with zero attached hydrogens (tertiary/aromatic N) is 1. The molecule has 6 rings (SSSR count). The smallest absolute Gasteiger partial charge is 0.242 e. The number of methoxy groups -OCH3 is 1. The van der Waals surface area contributed by atoms with E-state index in [-0.39, 0.29) is 23.8 Å². The number of ether oxygens (including phenoxy) is 1. The number of aromatic amines is 1. The van der Waals surface area contributed by atoms with Crippen LogP contribution in [0, 0.1) is 17.6 Å². The van der Waals surface area contributed by atoms with Crippen LogP contribution in [-0.2, 0) is 9.59 Å². The Morgan fingerprint density at radius 3 is 2.50 bits per heavy atom. The van der Waals surface area contributed by atoms with Crippen molar-refractivity contribution in [3.63, 3.8) is 0 Å². The van der Waals surface area contributed by atoms with Crippen LogP contribution in [-0.4, -0.2) is 23.9 Å². The summed E-state index contributed by atoms with van der Waals surface area (Å²) in [4.78, 5) is 31.9. The fourth-order valence-corrected chi connectivity index (χ4v) is 5.51. The van der Waals surface area contributed by atoms with Gasteiger partial charge in [0.15, 0.2) is 0 Å². The third-order valence-electron chi connectivity index (χ3n) is 7.00. The van der Waals surface area contributed by atoms with Gasteiger partial charge in [-0.1, -0.05) is 24.3 Å². The number of imide groups is 1. The average molecular weight is 458 g/mol. The van der Waals surface area contributed by atoms with Crippen molar-refractivity contribution in [2.24, 2.45) is 5.92 Å². The first-order valence-electron chi connectivity index (χ1n) is 11.0. The number of hydrogen-bond acceptors (Lipinski definition) is 3. The number of anilines is 1. The number of rotatable bonds is 3. The number of benzene rings is 3. The van der Waals surface area contributed by atoms with Gasteiger partial charge in [0.2, 0.25) is 11.8 Å². The van der Waals surface area contributed by atoms with E-state index >= 15 is 0 Å². The van der Waals surface area contributed by atoms with E-state index in [2.05, 4.69) is 4.98 Å². The van der Waals surface area contributed by atoms with Crippen molar-refractivity contribution in [3.05, 3.63) is 95.2 Å². The molecule has 3 aromatic carbocycles. The van der Waals surface area contributed by atoms with E-state index in [9.17, 15) is 18.4 Å². The van der Waals surface area contributed by atoms with E-state index < -0.39 is 29.4 Å². The summed E-state index contributed by atoms with van der Waals surface area (Å²) < 4.78 is 34.0. The second-order valence-corrected chi connectivity index (χ2v) is 8.75. The molecule has 0 saturated carbocycles. The van der Waals surface area contributed by atoms with E-state index in [0.29, 0.717) is 22.7 Å². The molecule has 0 bridgehead atoms. The molecule has 4 aromatic rings. The highest BCUT2D eigenvalue weighted by molar-refractivity contribution is 6.24. The number of halogens is 2. The fourth-order valence-electron chi connectivity index (χ4n) is 5.51. The van der Waals surface area contributed by atoms with Crippen molar-refractivity contribution in [1.82, 2.24) is 4.98 Å². The van der Waals surface area contributed by atoms with Crippen LogP contribution in [0.25, 0.3) is 10.9 Å². The molecule has 7 heteroatoms. The topological polar surface area (TPSA) is 62.4 Å². The minimum atomic E-state index is -0.705. The molecule has 1 aliphatic heterocycles. The lowest BCUT2D eigenvalue weighted by molar-refractivity contribution is -0.122. The summed E-state index contributed by atoms with van der Waals surface area (Å²) in [5.74, 6) is -3.26. The maximum Gasteiger partial charge on any atom is 0.242 e. The molecule has 3 atom stereocenters. The van der Waals surface area contributed by atoms with Gasteiger partial charge in [-0.05, 0) is 53.9 Å². The van der Waals surface area contributed by atoms with Crippen LogP contribution in [0.1, 0.15) is 35.1 Å². The van der Waals surface area contributed by atoms with Crippen molar-refractivity contribution in [2.75, 3.05) is 12.0 Å². The molecule has 0 radical (unpaired) electrons. The number of para-hydroxylation sites is 1. The summed E-state index contributed by atoms with van der Waals surface area (Å²) in [7, 11) is 1.56. The van der Waals surface area contributed by atoms with Crippen molar-refractivity contribution < 1.29 is 23.1 Å². The molecule has 0 spiro atoms. The second-order valence-electron chi connectivity index (χ2n) is 8.75. The van der Waals surface area contributed by atoms with Crippen LogP contribution in [0.2, 0.25) is 0 Å². The predicted octanol–water partition coefficient (Wildman–Crippen LogP) is 5.26. The molecule has 1 fully saturated rings. The van der Waals surface area contributed by atoms with Gasteiger partial charge in [-0.2, -0.15) is 0 Å². The quantitative estimate of drug-likeness (QED) is 0.426. The van der Waals surface area contributed by atoms with Gasteiger partial charge in [0, 0.05) is 28.6 Å². The van der Waals surface area contributed by atoms with Gasteiger partial charge < -0.3 is 9.72 Å². The molecule has 2 aliphatic rings. The van der Waals surface area contributed by atoms with E-state index in [1.807, 2.05) is 18.2 Å². The highest BCUT2D eigenvalue weighted by Crippen LogP contribution is 2.53. The number of fused-ring (bicyclic) bond motifs is 5. The van der Waals surface area contributed by atoms with Crippen molar-refractivity contribution >= 4 is 28.4 Å². The minimum absolute atomic E-state index is 0.234. The molecular formula is C27H20F2N2O3. The normalized spacial score (nSPS) is 21.6. The SMILES string of the molecule is COc1ccc2[nH]c3c(c2c1)C1C(=O)N(c2ccccc2)C(=O)C1CC3c1ccc(F)cc1F. The van der Waals surface area contributed by atoms with Gasteiger partial charge in [0.25, 0.3) is 0 Å². The summed E-state index contributed by atoms with van der Waals surface area (Å²) in [6.45, 7) is 0. The molecule has 1 saturated heterocycles. The largest absolute Gasteiger partial charge is 0.497 e. The van der Waals surface area contributed by atoms with Gasteiger partial charge in [-0.25, -0.2) is 13.7 Å². The van der Waals surface area contributed by atoms with Crippen molar-refractivity contribution in [2.45, 2.75) is 18.3 Å². The summed E-state index contributed by atoms with van der Waals surface area (Å²) in [6, 6.07) is 17.8. The summed E-state index contributed by atoms with van der Waals surface area (Å²) in [5.41, 5.74) is 2.91. The molecule has 1 N–H and O–H groups in total. The Morgan fingerprint density at radius 1 is 0.971 bits per heavy atom. The van der Waals surface area contributed by atoms with Crippen LogP contribution >= 0.6 is 0 Å². The summed E-state index contributed by atoms with van der Waals surface area (Å²) in [5, 5.41) is 0.757. The Balaban J connectivity index is 1.59. The number of amides is 2. The lowest BCUT2D eigenvalue weighted by atomic mass is 9.71.